The second-order valence-corrected chi connectivity index (χ2v) is 4.78. The van der Waals surface area contributed by atoms with Crippen LogP contribution in [0.1, 0.15) is 24.8 Å². The molecule has 16 heavy (non-hydrogen) atoms. The number of rotatable bonds is 0. The van der Waals surface area contributed by atoms with Crippen molar-refractivity contribution >= 4 is 0 Å². The molecule has 1 heterocycles. The van der Waals surface area contributed by atoms with Gasteiger partial charge in [-0.05, 0) is 49.4 Å². The predicted molar refractivity (Wildman–Crippen MR) is 56.8 cm³/mol. The van der Waals surface area contributed by atoms with E-state index in [1.807, 2.05) is 0 Å². The Labute approximate surface area is 93.4 Å². The quantitative estimate of drug-likeness (QED) is 0.657. The van der Waals surface area contributed by atoms with Crippen LogP contribution in [0.15, 0.2) is 18.2 Å². The van der Waals surface area contributed by atoms with Crippen LogP contribution >= 0.6 is 0 Å². The van der Waals surface area contributed by atoms with Crippen molar-refractivity contribution < 1.29 is 13.5 Å². The van der Waals surface area contributed by atoms with Crippen molar-refractivity contribution in [3.8, 4) is 5.75 Å². The van der Waals surface area contributed by atoms with Crippen molar-refractivity contribution in [3.05, 3.63) is 29.6 Å². The molecule has 0 bridgehead atoms. The third kappa shape index (κ3) is 1.68. The van der Waals surface area contributed by atoms with Gasteiger partial charge >= 0.3 is 0 Å². The van der Waals surface area contributed by atoms with Gasteiger partial charge in [0.25, 0.3) is 0 Å². The van der Waals surface area contributed by atoms with Crippen LogP contribution in [0.2, 0.25) is 0 Å². The number of hydrogen-bond donors (Lipinski definition) is 0. The Balaban J connectivity index is 1.88. The Morgan fingerprint density at radius 3 is 3.00 bits per heavy atom. The molecule has 3 rings (SSSR count). The van der Waals surface area contributed by atoms with E-state index in [0.717, 1.165) is 24.2 Å². The lowest BCUT2D eigenvalue weighted by Gasteiger charge is -2.38. The molecule has 0 amide bonds. The molecular formula is C13H14F2O. The van der Waals surface area contributed by atoms with E-state index < -0.39 is 6.17 Å². The molecule has 1 aliphatic carbocycles. The van der Waals surface area contributed by atoms with Crippen molar-refractivity contribution in [3.63, 3.8) is 0 Å². The molecular weight excluding hydrogens is 210 g/mol. The molecule has 3 unspecified atom stereocenters. The zero-order valence-electron chi connectivity index (χ0n) is 8.96. The summed E-state index contributed by atoms with van der Waals surface area (Å²) >= 11 is 0. The van der Waals surface area contributed by atoms with Gasteiger partial charge in [-0.2, -0.15) is 0 Å². The van der Waals surface area contributed by atoms with Gasteiger partial charge in [-0.3, -0.25) is 0 Å². The van der Waals surface area contributed by atoms with E-state index in [9.17, 15) is 8.78 Å². The molecule has 1 aliphatic heterocycles. The maximum absolute atomic E-state index is 13.3. The van der Waals surface area contributed by atoms with Crippen LogP contribution in [0, 0.1) is 11.7 Å². The molecule has 0 radical (unpaired) electrons. The van der Waals surface area contributed by atoms with Gasteiger partial charge in [-0.15, -0.1) is 0 Å². The zero-order chi connectivity index (χ0) is 11.1. The van der Waals surface area contributed by atoms with Crippen molar-refractivity contribution in [1.82, 2.24) is 0 Å². The van der Waals surface area contributed by atoms with Crippen LogP contribution in [0.25, 0.3) is 0 Å². The summed E-state index contributed by atoms with van der Waals surface area (Å²) < 4.78 is 32.2. The first kappa shape index (κ1) is 10.1. The molecule has 0 spiro atoms. The van der Waals surface area contributed by atoms with Gasteiger partial charge in [-0.25, -0.2) is 8.78 Å². The summed E-state index contributed by atoms with van der Waals surface area (Å²) in [6.07, 6.45) is 2.10. The van der Waals surface area contributed by atoms with Gasteiger partial charge in [-0.1, -0.05) is 0 Å². The first-order chi connectivity index (χ1) is 7.72. The third-order valence-corrected chi connectivity index (χ3v) is 3.63. The van der Waals surface area contributed by atoms with Crippen LogP contribution < -0.4 is 4.74 Å². The SMILES string of the molecule is Fc1ccc2c(c1)CC1CC(F)CCC1O2. The Kier molecular flexibility index (Phi) is 2.34. The van der Waals surface area contributed by atoms with Gasteiger partial charge in [0, 0.05) is 5.92 Å². The monoisotopic (exact) mass is 224 g/mol. The summed E-state index contributed by atoms with van der Waals surface area (Å²) in [5.41, 5.74) is 0.885. The van der Waals surface area contributed by atoms with Gasteiger partial charge in [0.05, 0.1) is 0 Å². The molecule has 86 valence electrons. The molecule has 1 fully saturated rings. The highest BCUT2D eigenvalue weighted by atomic mass is 19.1. The van der Waals surface area contributed by atoms with E-state index in [1.165, 1.54) is 12.1 Å². The number of fused-ring (bicyclic) bond motifs is 2. The molecule has 1 aromatic rings. The minimum atomic E-state index is -0.708. The second-order valence-electron chi connectivity index (χ2n) is 4.78. The third-order valence-electron chi connectivity index (χ3n) is 3.63. The van der Waals surface area contributed by atoms with Crippen LogP contribution in [0.5, 0.6) is 5.75 Å². The minimum Gasteiger partial charge on any atom is -0.490 e. The van der Waals surface area contributed by atoms with E-state index >= 15 is 0 Å². The van der Waals surface area contributed by atoms with Gasteiger partial charge in [0.15, 0.2) is 0 Å². The summed E-state index contributed by atoms with van der Waals surface area (Å²) in [6, 6.07) is 4.61. The Bertz CT molecular complexity index is 405. The van der Waals surface area contributed by atoms with Crippen molar-refractivity contribution in [2.24, 2.45) is 5.92 Å². The number of hydrogen-bond acceptors (Lipinski definition) is 1. The molecule has 2 aliphatic rings. The Hall–Kier alpha value is -1.12. The normalized spacial score (nSPS) is 32.5. The van der Waals surface area contributed by atoms with Crippen LogP contribution in [0.3, 0.4) is 0 Å². The number of benzene rings is 1. The fraction of sp³-hybridized carbons (Fsp3) is 0.538. The molecule has 1 nitrogen and oxygen atoms in total. The molecule has 0 aromatic heterocycles. The van der Waals surface area contributed by atoms with Crippen LogP contribution in [0.4, 0.5) is 8.78 Å². The van der Waals surface area contributed by atoms with E-state index in [4.69, 9.17) is 4.74 Å². The second kappa shape index (κ2) is 3.72. The number of alkyl halides is 1. The Morgan fingerprint density at radius 2 is 2.12 bits per heavy atom. The highest BCUT2D eigenvalue weighted by Crippen LogP contribution is 2.39. The van der Waals surface area contributed by atoms with Gasteiger partial charge < -0.3 is 4.74 Å². The van der Waals surface area contributed by atoms with E-state index in [0.29, 0.717) is 12.8 Å². The highest BCUT2D eigenvalue weighted by molar-refractivity contribution is 5.36. The molecule has 3 heteroatoms. The minimum absolute atomic E-state index is 0.130. The zero-order valence-corrected chi connectivity index (χ0v) is 8.96. The topological polar surface area (TPSA) is 9.23 Å². The smallest absolute Gasteiger partial charge is 0.123 e. The average molecular weight is 224 g/mol. The maximum Gasteiger partial charge on any atom is 0.123 e. The fourth-order valence-electron chi connectivity index (χ4n) is 2.82. The first-order valence-electron chi connectivity index (χ1n) is 5.81. The van der Waals surface area contributed by atoms with Crippen LogP contribution in [-0.4, -0.2) is 12.3 Å². The van der Waals surface area contributed by atoms with Gasteiger partial charge in [0.1, 0.15) is 23.8 Å². The standard InChI is InChI=1S/C13H14F2O/c14-10-1-3-12-8(6-10)5-9-7-11(15)2-4-13(9)16-12/h1,3,6,9,11,13H,2,4-5,7H2. The van der Waals surface area contributed by atoms with Crippen molar-refractivity contribution in [2.75, 3.05) is 0 Å². The summed E-state index contributed by atoms with van der Waals surface area (Å²) in [5, 5.41) is 0. The largest absolute Gasteiger partial charge is 0.490 e. The van der Waals surface area contributed by atoms with Crippen molar-refractivity contribution in [1.29, 1.82) is 0 Å². The summed E-state index contributed by atoms with van der Waals surface area (Å²) in [6.45, 7) is 0. The first-order valence-corrected chi connectivity index (χ1v) is 5.81. The highest BCUT2D eigenvalue weighted by Gasteiger charge is 2.35. The molecule has 3 atom stereocenters. The molecule has 0 N–H and O–H groups in total. The molecule has 1 aromatic carbocycles. The molecule has 1 saturated carbocycles. The lowest BCUT2D eigenvalue weighted by atomic mass is 9.79. The Morgan fingerprint density at radius 1 is 1.25 bits per heavy atom. The summed E-state index contributed by atoms with van der Waals surface area (Å²) in [7, 11) is 0. The average Bonchev–Trinajstić information content (AvgIpc) is 2.26. The fourth-order valence-corrected chi connectivity index (χ4v) is 2.82. The van der Waals surface area contributed by atoms with Crippen LogP contribution in [-0.2, 0) is 6.42 Å². The summed E-state index contributed by atoms with van der Waals surface area (Å²) in [5.74, 6) is 0.756. The molecule has 0 saturated heterocycles. The van der Waals surface area contributed by atoms with Crippen molar-refractivity contribution in [2.45, 2.75) is 38.0 Å². The number of halogens is 2. The number of ether oxygens (including phenoxy) is 1. The van der Waals surface area contributed by atoms with E-state index in [1.54, 1.807) is 6.07 Å². The lowest BCUT2D eigenvalue weighted by molar-refractivity contribution is 0.0415. The predicted octanol–water partition coefficient (Wildman–Crippen LogP) is 3.27. The van der Waals surface area contributed by atoms with E-state index in [-0.39, 0.29) is 17.8 Å². The van der Waals surface area contributed by atoms with E-state index in [2.05, 4.69) is 0 Å². The van der Waals surface area contributed by atoms with Gasteiger partial charge in [0.2, 0.25) is 0 Å². The lowest BCUT2D eigenvalue weighted by Crippen LogP contribution is -2.38. The maximum atomic E-state index is 13.3. The summed E-state index contributed by atoms with van der Waals surface area (Å²) in [4.78, 5) is 0.